The number of anilines is 1. The van der Waals surface area contributed by atoms with Crippen LogP contribution in [-0.4, -0.2) is 13.1 Å². The first kappa shape index (κ1) is 20.1. The highest BCUT2D eigenvalue weighted by Crippen LogP contribution is 2.30. The van der Waals surface area contributed by atoms with Gasteiger partial charge in [0.05, 0.1) is 5.56 Å². The quantitative estimate of drug-likeness (QED) is 0.694. The number of rotatable bonds is 3. The molecular weight excluding hydrogens is 251 g/mol. The van der Waals surface area contributed by atoms with Gasteiger partial charge < -0.3 is 4.90 Å². The van der Waals surface area contributed by atoms with E-state index in [9.17, 15) is 13.2 Å². The third-order valence-corrected chi connectivity index (χ3v) is 2.32. The van der Waals surface area contributed by atoms with Crippen LogP contribution >= 0.6 is 0 Å². The first-order valence-electron chi connectivity index (χ1n) is 6.91. The molecule has 0 bridgehead atoms. The van der Waals surface area contributed by atoms with Gasteiger partial charge in [-0.3, -0.25) is 0 Å². The SMILES string of the molecule is CC.CC.CCN(CC)c1ccc(C(F)(F)F)cc1. The maximum atomic E-state index is 12.3. The summed E-state index contributed by atoms with van der Waals surface area (Å²) in [5.41, 5.74) is 0.228. The summed E-state index contributed by atoms with van der Waals surface area (Å²) >= 11 is 0. The summed E-state index contributed by atoms with van der Waals surface area (Å²) in [5, 5.41) is 0. The second-order valence-corrected chi connectivity index (χ2v) is 3.22. The van der Waals surface area contributed by atoms with Gasteiger partial charge in [0.25, 0.3) is 0 Å². The first-order chi connectivity index (χ1) is 8.99. The summed E-state index contributed by atoms with van der Waals surface area (Å²) in [4.78, 5) is 2.00. The van der Waals surface area contributed by atoms with E-state index in [0.717, 1.165) is 30.9 Å². The fourth-order valence-electron chi connectivity index (χ4n) is 1.45. The van der Waals surface area contributed by atoms with Gasteiger partial charge in [-0.2, -0.15) is 13.2 Å². The van der Waals surface area contributed by atoms with Crippen LogP contribution in [0.25, 0.3) is 0 Å². The molecule has 0 amide bonds. The van der Waals surface area contributed by atoms with Crippen molar-refractivity contribution < 1.29 is 13.2 Å². The maximum Gasteiger partial charge on any atom is 0.416 e. The van der Waals surface area contributed by atoms with Crippen molar-refractivity contribution in [3.05, 3.63) is 29.8 Å². The monoisotopic (exact) mass is 277 g/mol. The van der Waals surface area contributed by atoms with Crippen molar-refractivity contribution in [3.63, 3.8) is 0 Å². The van der Waals surface area contributed by atoms with E-state index in [1.54, 1.807) is 0 Å². The van der Waals surface area contributed by atoms with Crippen LogP contribution in [0.15, 0.2) is 24.3 Å². The molecular formula is C15H26F3N. The molecule has 0 heterocycles. The number of hydrogen-bond donors (Lipinski definition) is 0. The van der Waals surface area contributed by atoms with Crippen molar-refractivity contribution in [3.8, 4) is 0 Å². The molecule has 0 fully saturated rings. The Labute approximate surface area is 115 Å². The van der Waals surface area contributed by atoms with E-state index in [4.69, 9.17) is 0 Å². The molecule has 4 heteroatoms. The Hall–Kier alpha value is -1.19. The van der Waals surface area contributed by atoms with Crippen LogP contribution in [0.3, 0.4) is 0 Å². The van der Waals surface area contributed by atoms with Crippen LogP contribution in [0.5, 0.6) is 0 Å². The van der Waals surface area contributed by atoms with Gasteiger partial charge in [-0.25, -0.2) is 0 Å². The van der Waals surface area contributed by atoms with Gasteiger partial charge >= 0.3 is 6.18 Å². The Balaban J connectivity index is 0. The second kappa shape index (κ2) is 10.7. The van der Waals surface area contributed by atoms with Gasteiger partial charge in [-0.1, -0.05) is 27.7 Å². The molecule has 19 heavy (non-hydrogen) atoms. The van der Waals surface area contributed by atoms with Crippen LogP contribution in [0.1, 0.15) is 47.1 Å². The Morgan fingerprint density at radius 3 is 1.47 bits per heavy atom. The minimum absolute atomic E-state index is 0.599. The zero-order valence-corrected chi connectivity index (χ0v) is 12.8. The average molecular weight is 277 g/mol. The highest BCUT2D eigenvalue weighted by Gasteiger charge is 2.30. The molecule has 1 aromatic carbocycles. The van der Waals surface area contributed by atoms with Crippen molar-refractivity contribution in [2.75, 3.05) is 18.0 Å². The lowest BCUT2D eigenvalue weighted by atomic mass is 10.2. The molecule has 0 aliphatic rings. The number of benzene rings is 1. The van der Waals surface area contributed by atoms with E-state index >= 15 is 0 Å². The number of hydrogen-bond acceptors (Lipinski definition) is 1. The predicted molar refractivity (Wildman–Crippen MR) is 77.7 cm³/mol. The Morgan fingerprint density at radius 1 is 0.842 bits per heavy atom. The summed E-state index contributed by atoms with van der Waals surface area (Å²) < 4.78 is 36.8. The van der Waals surface area contributed by atoms with Gasteiger partial charge in [0.15, 0.2) is 0 Å². The Morgan fingerprint density at radius 2 is 1.21 bits per heavy atom. The predicted octanol–water partition coefficient (Wildman–Crippen LogP) is 5.60. The third-order valence-electron chi connectivity index (χ3n) is 2.32. The smallest absolute Gasteiger partial charge is 0.372 e. The molecule has 0 aromatic heterocycles. The van der Waals surface area contributed by atoms with Crippen molar-refractivity contribution in [1.82, 2.24) is 0 Å². The van der Waals surface area contributed by atoms with Crippen molar-refractivity contribution >= 4 is 5.69 Å². The van der Waals surface area contributed by atoms with Gasteiger partial charge in [0, 0.05) is 18.8 Å². The van der Waals surface area contributed by atoms with E-state index in [2.05, 4.69) is 0 Å². The minimum Gasteiger partial charge on any atom is -0.372 e. The number of alkyl halides is 3. The summed E-state index contributed by atoms with van der Waals surface area (Å²) in [6, 6.07) is 5.26. The highest BCUT2D eigenvalue weighted by atomic mass is 19.4. The summed E-state index contributed by atoms with van der Waals surface area (Å²) in [6.45, 7) is 13.5. The highest BCUT2D eigenvalue weighted by molar-refractivity contribution is 5.47. The van der Waals surface area contributed by atoms with Crippen LogP contribution in [0.2, 0.25) is 0 Å². The molecule has 1 rings (SSSR count). The molecule has 0 aliphatic carbocycles. The van der Waals surface area contributed by atoms with Crippen LogP contribution in [0, 0.1) is 0 Å². The molecule has 0 radical (unpaired) electrons. The molecule has 0 saturated heterocycles. The topological polar surface area (TPSA) is 3.24 Å². The van der Waals surface area contributed by atoms with Crippen molar-refractivity contribution in [1.29, 1.82) is 0 Å². The molecule has 0 aliphatic heterocycles. The molecule has 1 nitrogen and oxygen atoms in total. The second-order valence-electron chi connectivity index (χ2n) is 3.22. The largest absolute Gasteiger partial charge is 0.416 e. The zero-order chi connectivity index (χ0) is 15.5. The Bertz CT molecular complexity index is 300. The van der Waals surface area contributed by atoms with E-state index in [0.29, 0.717) is 0 Å². The van der Waals surface area contributed by atoms with Crippen LogP contribution in [0.4, 0.5) is 18.9 Å². The summed E-state index contributed by atoms with van der Waals surface area (Å²) in [7, 11) is 0. The lowest BCUT2D eigenvalue weighted by Gasteiger charge is -2.21. The van der Waals surface area contributed by atoms with E-state index in [1.165, 1.54) is 12.1 Å². The molecule has 0 atom stereocenters. The standard InChI is InChI=1S/C11H14F3N.2C2H6/c1-3-15(4-2)10-7-5-9(6-8-10)11(12,13)14;2*1-2/h5-8H,3-4H2,1-2H3;2*1-2H3. The van der Waals surface area contributed by atoms with Crippen LogP contribution < -0.4 is 4.90 Å². The summed E-state index contributed by atoms with van der Waals surface area (Å²) in [6.07, 6.45) is -4.25. The molecule has 112 valence electrons. The lowest BCUT2D eigenvalue weighted by Crippen LogP contribution is -2.21. The number of halogens is 3. The summed E-state index contributed by atoms with van der Waals surface area (Å²) in [5.74, 6) is 0. The van der Waals surface area contributed by atoms with E-state index in [1.807, 2.05) is 46.4 Å². The molecule has 0 saturated carbocycles. The average Bonchev–Trinajstić information content (AvgIpc) is 2.44. The zero-order valence-electron chi connectivity index (χ0n) is 12.8. The molecule has 1 aromatic rings. The third kappa shape index (κ3) is 7.09. The molecule has 0 spiro atoms. The van der Waals surface area contributed by atoms with Crippen molar-refractivity contribution in [2.24, 2.45) is 0 Å². The molecule has 0 N–H and O–H groups in total. The van der Waals surface area contributed by atoms with E-state index < -0.39 is 11.7 Å². The maximum absolute atomic E-state index is 12.3. The van der Waals surface area contributed by atoms with Gasteiger partial charge in [-0.05, 0) is 38.1 Å². The molecule has 0 unspecified atom stereocenters. The Kier molecular flexibility index (Phi) is 11.3. The number of nitrogens with zero attached hydrogens (tertiary/aromatic N) is 1. The van der Waals surface area contributed by atoms with Crippen molar-refractivity contribution in [2.45, 2.75) is 47.7 Å². The van der Waals surface area contributed by atoms with Gasteiger partial charge in [0.2, 0.25) is 0 Å². The first-order valence-corrected chi connectivity index (χ1v) is 6.91. The fraction of sp³-hybridized carbons (Fsp3) is 0.600. The lowest BCUT2D eigenvalue weighted by molar-refractivity contribution is -0.137. The minimum atomic E-state index is -4.25. The van der Waals surface area contributed by atoms with Gasteiger partial charge in [-0.15, -0.1) is 0 Å². The fourth-order valence-corrected chi connectivity index (χ4v) is 1.45. The van der Waals surface area contributed by atoms with Gasteiger partial charge in [0.1, 0.15) is 0 Å². The normalized spacial score (nSPS) is 9.74. The van der Waals surface area contributed by atoms with E-state index in [-0.39, 0.29) is 0 Å². The van der Waals surface area contributed by atoms with Crippen LogP contribution in [-0.2, 0) is 6.18 Å².